The Labute approximate surface area is 113 Å². The van der Waals surface area contributed by atoms with Crippen molar-refractivity contribution in [1.29, 1.82) is 0 Å². The van der Waals surface area contributed by atoms with Crippen LogP contribution in [0.4, 0.5) is 0 Å². The summed E-state index contributed by atoms with van der Waals surface area (Å²) in [5.41, 5.74) is 7.05. The highest BCUT2D eigenvalue weighted by Gasteiger charge is 2.20. The van der Waals surface area contributed by atoms with E-state index in [1.54, 1.807) is 11.3 Å². The number of hydrogen-bond donors (Lipinski definition) is 2. The molecule has 1 heterocycles. The molecule has 0 saturated carbocycles. The molecular formula is C14H22N2OS. The molecule has 2 rings (SSSR count). The number of carbonyl (C=O) groups excluding carboxylic acids is 1. The minimum atomic E-state index is 0.0581. The van der Waals surface area contributed by atoms with Gasteiger partial charge >= 0.3 is 0 Å². The summed E-state index contributed by atoms with van der Waals surface area (Å²) in [6, 6.07) is 2.22. The molecule has 3 nitrogen and oxygen atoms in total. The first kappa shape index (κ1) is 13.6. The molecule has 1 aromatic heterocycles. The maximum atomic E-state index is 12.0. The SMILES string of the molecule is CC(N)CCNC(=O)c1cc2c(s1)CCC(C)C2. The average molecular weight is 266 g/mol. The number of aryl methyl sites for hydroxylation is 1. The number of nitrogens with one attached hydrogen (secondary N) is 1. The van der Waals surface area contributed by atoms with Gasteiger partial charge in [-0.05, 0) is 50.2 Å². The quantitative estimate of drug-likeness (QED) is 0.879. The van der Waals surface area contributed by atoms with Crippen molar-refractivity contribution in [3.05, 3.63) is 21.4 Å². The summed E-state index contributed by atoms with van der Waals surface area (Å²) < 4.78 is 0. The van der Waals surface area contributed by atoms with E-state index in [4.69, 9.17) is 5.73 Å². The molecule has 2 unspecified atom stereocenters. The fourth-order valence-electron chi connectivity index (χ4n) is 2.32. The lowest BCUT2D eigenvalue weighted by Crippen LogP contribution is -2.28. The molecule has 100 valence electrons. The predicted molar refractivity (Wildman–Crippen MR) is 76.1 cm³/mol. The van der Waals surface area contributed by atoms with Crippen molar-refractivity contribution < 1.29 is 4.79 Å². The highest BCUT2D eigenvalue weighted by Crippen LogP contribution is 2.32. The summed E-state index contributed by atoms with van der Waals surface area (Å²) in [6.45, 7) is 4.90. The zero-order valence-electron chi connectivity index (χ0n) is 11.2. The van der Waals surface area contributed by atoms with Crippen LogP contribution < -0.4 is 11.1 Å². The minimum Gasteiger partial charge on any atom is -0.351 e. The van der Waals surface area contributed by atoms with Gasteiger partial charge in [-0.15, -0.1) is 11.3 Å². The van der Waals surface area contributed by atoms with Gasteiger partial charge in [0.25, 0.3) is 5.91 Å². The third-order valence-electron chi connectivity index (χ3n) is 3.44. The van der Waals surface area contributed by atoms with Crippen LogP contribution >= 0.6 is 11.3 Å². The number of fused-ring (bicyclic) bond motifs is 1. The van der Waals surface area contributed by atoms with Crippen molar-refractivity contribution in [3.63, 3.8) is 0 Å². The van der Waals surface area contributed by atoms with Gasteiger partial charge in [-0.1, -0.05) is 6.92 Å². The Morgan fingerprint density at radius 1 is 1.67 bits per heavy atom. The van der Waals surface area contributed by atoms with Gasteiger partial charge in [0, 0.05) is 17.5 Å². The fourth-order valence-corrected chi connectivity index (χ4v) is 3.44. The maximum Gasteiger partial charge on any atom is 0.261 e. The van der Waals surface area contributed by atoms with E-state index in [0.29, 0.717) is 6.54 Å². The second-order valence-electron chi connectivity index (χ2n) is 5.43. The summed E-state index contributed by atoms with van der Waals surface area (Å²) >= 11 is 1.66. The number of carbonyl (C=O) groups is 1. The first-order chi connectivity index (χ1) is 8.56. The first-order valence-electron chi connectivity index (χ1n) is 6.71. The van der Waals surface area contributed by atoms with Crippen molar-refractivity contribution >= 4 is 17.2 Å². The van der Waals surface area contributed by atoms with E-state index >= 15 is 0 Å². The fraction of sp³-hybridized carbons (Fsp3) is 0.643. The van der Waals surface area contributed by atoms with Crippen LogP contribution in [0.15, 0.2) is 6.07 Å². The summed E-state index contributed by atoms with van der Waals surface area (Å²) in [5, 5.41) is 2.94. The predicted octanol–water partition coefficient (Wildman–Crippen LogP) is 2.34. The van der Waals surface area contributed by atoms with Crippen LogP contribution in [-0.2, 0) is 12.8 Å². The molecule has 0 spiro atoms. The monoisotopic (exact) mass is 266 g/mol. The summed E-state index contributed by atoms with van der Waals surface area (Å²) in [6.07, 6.45) is 4.33. The highest BCUT2D eigenvalue weighted by atomic mass is 32.1. The van der Waals surface area contributed by atoms with E-state index in [0.717, 1.165) is 30.1 Å². The molecule has 18 heavy (non-hydrogen) atoms. The number of rotatable bonds is 4. The van der Waals surface area contributed by atoms with Gasteiger partial charge in [-0.3, -0.25) is 4.79 Å². The molecule has 0 saturated heterocycles. The average Bonchev–Trinajstić information content (AvgIpc) is 2.71. The van der Waals surface area contributed by atoms with Crippen molar-refractivity contribution in [3.8, 4) is 0 Å². The second kappa shape index (κ2) is 5.85. The molecule has 0 radical (unpaired) electrons. The van der Waals surface area contributed by atoms with Crippen LogP contribution in [0.2, 0.25) is 0 Å². The van der Waals surface area contributed by atoms with E-state index in [1.165, 1.54) is 16.9 Å². The van der Waals surface area contributed by atoms with Crippen molar-refractivity contribution in [1.82, 2.24) is 5.32 Å². The minimum absolute atomic E-state index is 0.0581. The molecule has 0 fully saturated rings. The van der Waals surface area contributed by atoms with E-state index in [2.05, 4.69) is 18.3 Å². The molecule has 1 aromatic rings. The molecule has 0 bridgehead atoms. The van der Waals surface area contributed by atoms with Gasteiger partial charge < -0.3 is 11.1 Å². The number of amides is 1. The molecular weight excluding hydrogens is 244 g/mol. The molecule has 2 atom stereocenters. The molecule has 3 N–H and O–H groups in total. The molecule has 4 heteroatoms. The standard InChI is InChI=1S/C14H22N2OS/c1-9-3-4-12-11(7-9)8-13(18-12)14(17)16-6-5-10(2)15/h8-10H,3-7,15H2,1-2H3,(H,16,17). The van der Waals surface area contributed by atoms with Gasteiger partial charge in [0.15, 0.2) is 0 Å². The van der Waals surface area contributed by atoms with Crippen LogP contribution in [0.25, 0.3) is 0 Å². The second-order valence-corrected chi connectivity index (χ2v) is 6.57. The van der Waals surface area contributed by atoms with Crippen LogP contribution in [0.5, 0.6) is 0 Å². The lowest BCUT2D eigenvalue weighted by atomic mass is 9.90. The summed E-state index contributed by atoms with van der Waals surface area (Å²) in [4.78, 5) is 14.3. The van der Waals surface area contributed by atoms with E-state index in [-0.39, 0.29) is 11.9 Å². The zero-order valence-corrected chi connectivity index (χ0v) is 12.0. The lowest BCUT2D eigenvalue weighted by Gasteiger charge is -2.16. The highest BCUT2D eigenvalue weighted by molar-refractivity contribution is 7.14. The third-order valence-corrected chi connectivity index (χ3v) is 4.67. The zero-order chi connectivity index (χ0) is 13.1. The number of nitrogens with two attached hydrogens (primary N) is 1. The molecule has 1 aliphatic carbocycles. The van der Waals surface area contributed by atoms with Gasteiger partial charge in [0.2, 0.25) is 0 Å². The Hall–Kier alpha value is -0.870. The molecule has 1 aliphatic rings. The lowest BCUT2D eigenvalue weighted by molar-refractivity contribution is 0.0957. The smallest absolute Gasteiger partial charge is 0.261 e. The summed E-state index contributed by atoms with van der Waals surface area (Å²) in [7, 11) is 0. The Morgan fingerprint density at radius 3 is 3.17 bits per heavy atom. The van der Waals surface area contributed by atoms with Crippen molar-refractivity contribution in [2.75, 3.05) is 6.54 Å². The van der Waals surface area contributed by atoms with Crippen LogP contribution in [-0.4, -0.2) is 18.5 Å². The Kier molecular flexibility index (Phi) is 4.40. The van der Waals surface area contributed by atoms with Gasteiger partial charge in [0.05, 0.1) is 4.88 Å². The number of hydrogen-bond acceptors (Lipinski definition) is 3. The van der Waals surface area contributed by atoms with Crippen molar-refractivity contribution in [2.24, 2.45) is 11.7 Å². The largest absolute Gasteiger partial charge is 0.351 e. The van der Waals surface area contributed by atoms with Crippen LogP contribution in [0, 0.1) is 5.92 Å². The van der Waals surface area contributed by atoms with Gasteiger partial charge in [0.1, 0.15) is 0 Å². The third kappa shape index (κ3) is 3.33. The molecule has 1 amide bonds. The van der Waals surface area contributed by atoms with Crippen LogP contribution in [0.1, 0.15) is 46.8 Å². The van der Waals surface area contributed by atoms with Gasteiger partial charge in [-0.25, -0.2) is 0 Å². The topological polar surface area (TPSA) is 55.1 Å². The maximum absolute atomic E-state index is 12.0. The number of thiophene rings is 1. The molecule has 0 aliphatic heterocycles. The van der Waals surface area contributed by atoms with E-state index < -0.39 is 0 Å². The van der Waals surface area contributed by atoms with E-state index in [9.17, 15) is 4.79 Å². The molecule has 0 aromatic carbocycles. The summed E-state index contributed by atoms with van der Waals surface area (Å²) in [5.74, 6) is 0.809. The normalized spacial score (nSPS) is 20.3. The van der Waals surface area contributed by atoms with Crippen molar-refractivity contribution in [2.45, 2.75) is 45.6 Å². The Bertz CT molecular complexity index is 425. The van der Waals surface area contributed by atoms with Crippen LogP contribution in [0.3, 0.4) is 0 Å². The van der Waals surface area contributed by atoms with Gasteiger partial charge in [-0.2, -0.15) is 0 Å². The first-order valence-corrected chi connectivity index (χ1v) is 7.53. The Morgan fingerprint density at radius 2 is 2.44 bits per heavy atom. The van der Waals surface area contributed by atoms with E-state index in [1.807, 2.05) is 6.92 Å². The Balaban J connectivity index is 1.95.